The lowest BCUT2D eigenvalue weighted by atomic mass is 10.1. The fourth-order valence-electron chi connectivity index (χ4n) is 2.97. The molecule has 4 nitrogen and oxygen atoms in total. The van der Waals surface area contributed by atoms with Crippen molar-refractivity contribution in [3.05, 3.63) is 29.3 Å². The summed E-state index contributed by atoms with van der Waals surface area (Å²) in [5.41, 5.74) is 2.83. The van der Waals surface area contributed by atoms with Crippen LogP contribution in [0.5, 0.6) is 5.75 Å². The molecule has 2 aliphatic rings. The van der Waals surface area contributed by atoms with Gasteiger partial charge in [-0.15, -0.1) is 0 Å². The van der Waals surface area contributed by atoms with Crippen LogP contribution in [0.2, 0.25) is 0 Å². The molecule has 116 valence electrons. The molecule has 1 unspecified atom stereocenters. The summed E-state index contributed by atoms with van der Waals surface area (Å²) in [4.78, 5) is 0. The third-order valence-corrected chi connectivity index (χ3v) is 4.20. The predicted octanol–water partition coefficient (Wildman–Crippen LogP) is 2.11. The molecular weight excluding hydrogens is 268 g/mol. The summed E-state index contributed by atoms with van der Waals surface area (Å²) in [7, 11) is 0. The lowest BCUT2D eigenvalue weighted by Gasteiger charge is -2.23. The number of aliphatic hydroxyl groups excluding tert-OH is 1. The second-order valence-corrected chi connectivity index (χ2v) is 5.89. The number of benzene rings is 1. The van der Waals surface area contributed by atoms with Gasteiger partial charge in [0.05, 0.1) is 12.7 Å². The first-order valence-electron chi connectivity index (χ1n) is 7.93. The second-order valence-electron chi connectivity index (χ2n) is 5.89. The summed E-state index contributed by atoms with van der Waals surface area (Å²) in [6.45, 7) is 2.12. The Morgan fingerprint density at radius 3 is 2.81 bits per heavy atom. The Hall–Kier alpha value is -1.10. The first-order chi connectivity index (χ1) is 10.3. The molecule has 1 aliphatic heterocycles. The molecular formula is C17H24O4. The van der Waals surface area contributed by atoms with E-state index in [0.717, 1.165) is 38.2 Å². The summed E-state index contributed by atoms with van der Waals surface area (Å²) in [6, 6.07) is 6.24. The molecule has 1 atom stereocenters. The summed E-state index contributed by atoms with van der Waals surface area (Å²) in [5, 5.41) is 9.95. The van der Waals surface area contributed by atoms with E-state index in [0.29, 0.717) is 6.61 Å². The highest BCUT2D eigenvalue weighted by atomic mass is 16.5. The standard InChI is InChI=1S/C17H24O4/c18-15(11-20-16-6-8-19-9-7-16)12-21-17-5-4-13-2-1-3-14(13)10-17/h4-5,10,15-16,18H,1-3,6-9,11-12H2. The van der Waals surface area contributed by atoms with E-state index in [9.17, 15) is 5.11 Å². The molecule has 1 aromatic carbocycles. The van der Waals surface area contributed by atoms with E-state index in [1.807, 2.05) is 6.07 Å². The first kappa shape index (κ1) is 14.8. The molecule has 0 aromatic heterocycles. The number of hydrogen-bond donors (Lipinski definition) is 1. The molecule has 1 heterocycles. The van der Waals surface area contributed by atoms with E-state index in [1.165, 1.54) is 24.0 Å². The van der Waals surface area contributed by atoms with E-state index >= 15 is 0 Å². The molecule has 1 fully saturated rings. The van der Waals surface area contributed by atoms with Crippen molar-refractivity contribution >= 4 is 0 Å². The summed E-state index contributed by atoms with van der Waals surface area (Å²) < 4.78 is 16.7. The minimum atomic E-state index is -0.582. The Labute approximate surface area is 126 Å². The largest absolute Gasteiger partial charge is 0.491 e. The Morgan fingerprint density at radius 1 is 1.14 bits per heavy atom. The highest BCUT2D eigenvalue weighted by Gasteiger charge is 2.16. The molecule has 0 radical (unpaired) electrons. The van der Waals surface area contributed by atoms with E-state index in [4.69, 9.17) is 14.2 Å². The maximum atomic E-state index is 9.95. The highest BCUT2D eigenvalue weighted by Crippen LogP contribution is 2.26. The van der Waals surface area contributed by atoms with Gasteiger partial charge in [-0.25, -0.2) is 0 Å². The second kappa shape index (κ2) is 7.25. The van der Waals surface area contributed by atoms with E-state index in [-0.39, 0.29) is 12.7 Å². The van der Waals surface area contributed by atoms with Gasteiger partial charge in [-0.2, -0.15) is 0 Å². The van der Waals surface area contributed by atoms with Gasteiger partial charge in [0, 0.05) is 13.2 Å². The van der Waals surface area contributed by atoms with Crippen molar-refractivity contribution in [2.75, 3.05) is 26.4 Å². The molecule has 1 aromatic rings. The summed E-state index contributed by atoms with van der Waals surface area (Å²) in [6.07, 6.45) is 5.02. The molecule has 21 heavy (non-hydrogen) atoms. The molecule has 0 amide bonds. The molecule has 4 heteroatoms. The maximum absolute atomic E-state index is 9.95. The van der Waals surface area contributed by atoms with Crippen LogP contribution >= 0.6 is 0 Å². The van der Waals surface area contributed by atoms with Gasteiger partial charge in [-0.3, -0.25) is 0 Å². The van der Waals surface area contributed by atoms with E-state index in [2.05, 4.69) is 12.1 Å². The number of ether oxygens (including phenoxy) is 3. The van der Waals surface area contributed by atoms with Gasteiger partial charge < -0.3 is 19.3 Å². The number of rotatable bonds is 6. The minimum absolute atomic E-state index is 0.216. The SMILES string of the molecule is OC(COc1ccc2c(c1)CCC2)COC1CCOCC1. The van der Waals surface area contributed by atoms with Crippen LogP contribution < -0.4 is 4.74 Å². The lowest BCUT2D eigenvalue weighted by molar-refractivity contribution is -0.0659. The lowest BCUT2D eigenvalue weighted by Crippen LogP contribution is -2.30. The van der Waals surface area contributed by atoms with Crippen molar-refractivity contribution in [1.82, 2.24) is 0 Å². The van der Waals surface area contributed by atoms with E-state index < -0.39 is 6.10 Å². The highest BCUT2D eigenvalue weighted by molar-refractivity contribution is 5.38. The molecule has 0 saturated carbocycles. The van der Waals surface area contributed by atoms with Crippen molar-refractivity contribution in [1.29, 1.82) is 0 Å². The van der Waals surface area contributed by atoms with Gasteiger partial charge >= 0.3 is 0 Å². The Bertz CT molecular complexity index is 454. The van der Waals surface area contributed by atoms with Gasteiger partial charge in [0.2, 0.25) is 0 Å². The van der Waals surface area contributed by atoms with Gasteiger partial charge in [-0.1, -0.05) is 6.07 Å². The van der Waals surface area contributed by atoms with Crippen LogP contribution in [0.15, 0.2) is 18.2 Å². The molecule has 1 aliphatic carbocycles. The third-order valence-electron chi connectivity index (χ3n) is 4.20. The fourth-order valence-corrected chi connectivity index (χ4v) is 2.97. The van der Waals surface area contributed by atoms with Crippen molar-refractivity contribution in [2.45, 2.75) is 44.3 Å². The quantitative estimate of drug-likeness (QED) is 0.872. The number of aliphatic hydroxyl groups is 1. The first-order valence-corrected chi connectivity index (χ1v) is 7.93. The van der Waals surface area contributed by atoms with Crippen LogP contribution in [0.4, 0.5) is 0 Å². The van der Waals surface area contributed by atoms with Gasteiger partial charge in [-0.05, 0) is 55.4 Å². The van der Waals surface area contributed by atoms with Crippen LogP contribution in [0.1, 0.15) is 30.4 Å². The molecule has 3 rings (SSSR count). The van der Waals surface area contributed by atoms with Crippen LogP contribution in [0, 0.1) is 0 Å². The molecule has 0 spiro atoms. The Balaban J connectivity index is 1.40. The zero-order chi connectivity index (χ0) is 14.5. The van der Waals surface area contributed by atoms with Crippen molar-refractivity contribution in [3.63, 3.8) is 0 Å². The zero-order valence-electron chi connectivity index (χ0n) is 12.4. The zero-order valence-corrected chi connectivity index (χ0v) is 12.4. The predicted molar refractivity (Wildman–Crippen MR) is 79.8 cm³/mol. The normalized spacial score (nSPS) is 20.2. The average Bonchev–Trinajstić information content (AvgIpc) is 2.99. The number of fused-ring (bicyclic) bond motifs is 1. The summed E-state index contributed by atoms with van der Waals surface area (Å²) in [5.74, 6) is 0.848. The van der Waals surface area contributed by atoms with Crippen LogP contribution in [-0.4, -0.2) is 43.7 Å². The molecule has 0 bridgehead atoms. The monoisotopic (exact) mass is 292 g/mol. The smallest absolute Gasteiger partial charge is 0.119 e. The fraction of sp³-hybridized carbons (Fsp3) is 0.647. The molecule has 1 N–H and O–H groups in total. The number of hydrogen-bond acceptors (Lipinski definition) is 4. The molecule has 1 saturated heterocycles. The minimum Gasteiger partial charge on any atom is -0.491 e. The van der Waals surface area contributed by atoms with Crippen LogP contribution in [0.3, 0.4) is 0 Å². The van der Waals surface area contributed by atoms with Gasteiger partial charge in [0.15, 0.2) is 0 Å². The van der Waals surface area contributed by atoms with Crippen LogP contribution in [0.25, 0.3) is 0 Å². The Morgan fingerprint density at radius 2 is 1.95 bits per heavy atom. The summed E-state index contributed by atoms with van der Waals surface area (Å²) >= 11 is 0. The van der Waals surface area contributed by atoms with Crippen molar-refractivity contribution in [3.8, 4) is 5.75 Å². The number of aryl methyl sites for hydroxylation is 2. The van der Waals surface area contributed by atoms with Crippen molar-refractivity contribution in [2.24, 2.45) is 0 Å². The topological polar surface area (TPSA) is 47.9 Å². The van der Waals surface area contributed by atoms with Crippen LogP contribution in [-0.2, 0) is 22.3 Å². The van der Waals surface area contributed by atoms with Gasteiger partial charge in [0.25, 0.3) is 0 Å². The maximum Gasteiger partial charge on any atom is 0.119 e. The van der Waals surface area contributed by atoms with Gasteiger partial charge in [0.1, 0.15) is 18.5 Å². The van der Waals surface area contributed by atoms with E-state index in [1.54, 1.807) is 0 Å². The Kier molecular flexibility index (Phi) is 5.12. The van der Waals surface area contributed by atoms with Crippen molar-refractivity contribution < 1.29 is 19.3 Å². The average molecular weight is 292 g/mol. The third kappa shape index (κ3) is 4.19.